The van der Waals surface area contributed by atoms with Gasteiger partial charge in [-0.3, -0.25) is 4.79 Å². The highest BCUT2D eigenvalue weighted by Gasteiger charge is 2.15. The van der Waals surface area contributed by atoms with Gasteiger partial charge in [-0.05, 0) is 31.2 Å². The van der Waals surface area contributed by atoms with Crippen LogP contribution < -0.4 is 0 Å². The van der Waals surface area contributed by atoms with Gasteiger partial charge >= 0.3 is 0 Å². The number of amides is 1. The van der Waals surface area contributed by atoms with Gasteiger partial charge in [0, 0.05) is 24.3 Å². The molecule has 2 rings (SSSR count). The van der Waals surface area contributed by atoms with Crippen LogP contribution in [-0.4, -0.2) is 45.4 Å². The minimum absolute atomic E-state index is 0.0507. The number of carbonyl (C=O) groups excluding carboxylic acids is 1. The number of carbonyl (C=O) groups is 1. The number of halogens is 1. The van der Waals surface area contributed by atoms with Crippen LogP contribution in [0.25, 0.3) is 5.69 Å². The third kappa shape index (κ3) is 3.18. The van der Waals surface area contributed by atoms with Crippen molar-refractivity contribution in [3.63, 3.8) is 0 Å². The summed E-state index contributed by atoms with van der Waals surface area (Å²) in [5.41, 5.74) is 1.33. The third-order valence-electron chi connectivity index (χ3n) is 2.96. The molecule has 5 nitrogen and oxygen atoms in total. The van der Waals surface area contributed by atoms with Crippen molar-refractivity contribution < 1.29 is 9.90 Å². The predicted molar refractivity (Wildman–Crippen MR) is 77.2 cm³/mol. The van der Waals surface area contributed by atoms with Crippen LogP contribution in [-0.2, 0) is 0 Å². The van der Waals surface area contributed by atoms with Crippen LogP contribution in [0, 0.1) is 0 Å². The molecule has 0 bridgehead atoms. The van der Waals surface area contributed by atoms with Crippen molar-refractivity contribution in [1.29, 1.82) is 0 Å². The zero-order valence-corrected chi connectivity index (χ0v) is 11.9. The number of rotatable bonds is 5. The van der Waals surface area contributed by atoms with Crippen LogP contribution >= 0.6 is 11.6 Å². The molecule has 0 radical (unpaired) electrons. The van der Waals surface area contributed by atoms with E-state index in [1.165, 1.54) is 6.20 Å². The molecule has 106 valence electrons. The van der Waals surface area contributed by atoms with Crippen LogP contribution in [0.3, 0.4) is 0 Å². The maximum atomic E-state index is 12.2. The average molecular weight is 294 g/mol. The smallest absolute Gasteiger partial charge is 0.257 e. The maximum Gasteiger partial charge on any atom is 0.257 e. The summed E-state index contributed by atoms with van der Waals surface area (Å²) in [5.74, 6) is -0.137. The Morgan fingerprint density at radius 2 is 2.10 bits per heavy atom. The van der Waals surface area contributed by atoms with E-state index < -0.39 is 0 Å². The zero-order valence-electron chi connectivity index (χ0n) is 11.2. The second kappa shape index (κ2) is 6.54. The molecule has 0 unspecified atom stereocenters. The van der Waals surface area contributed by atoms with E-state index in [-0.39, 0.29) is 12.5 Å². The lowest BCUT2D eigenvalue weighted by atomic mass is 10.3. The SMILES string of the molecule is CCN(CCO)C(=O)c1cnn(-c2ccc(Cl)cc2)c1. The molecule has 1 amide bonds. The van der Waals surface area contributed by atoms with Gasteiger partial charge in [-0.2, -0.15) is 5.10 Å². The monoisotopic (exact) mass is 293 g/mol. The molecule has 0 spiro atoms. The number of aliphatic hydroxyl groups excluding tert-OH is 1. The number of hydrogen-bond donors (Lipinski definition) is 1. The first kappa shape index (κ1) is 14.6. The Morgan fingerprint density at radius 1 is 1.40 bits per heavy atom. The summed E-state index contributed by atoms with van der Waals surface area (Å²) >= 11 is 5.84. The summed E-state index contributed by atoms with van der Waals surface area (Å²) in [6.45, 7) is 2.69. The molecule has 0 fully saturated rings. The summed E-state index contributed by atoms with van der Waals surface area (Å²) in [4.78, 5) is 13.8. The van der Waals surface area contributed by atoms with Crippen LogP contribution in [0.4, 0.5) is 0 Å². The van der Waals surface area contributed by atoms with Gasteiger partial charge in [0.15, 0.2) is 0 Å². The van der Waals surface area contributed by atoms with E-state index in [1.807, 2.05) is 19.1 Å². The quantitative estimate of drug-likeness (QED) is 0.917. The minimum atomic E-state index is -0.137. The van der Waals surface area contributed by atoms with Gasteiger partial charge in [0.2, 0.25) is 0 Å². The number of nitrogens with zero attached hydrogens (tertiary/aromatic N) is 3. The maximum absolute atomic E-state index is 12.2. The van der Waals surface area contributed by atoms with Gasteiger partial charge in [-0.15, -0.1) is 0 Å². The van der Waals surface area contributed by atoms with Crippen molar-refractivity contribution in [2.24, 2.45) is 0 Å². The number of likely N-dealkylation sites (N-methyl/N-ethyl adjacent to an activating group) is 1. The van der Waals surface area contributed by atoms with Crippen molar-refractivity contribution in [3.05, 3.63) is 47.2 Å². The number of aromatic nitrogens is 2. The second-order valence-electron chi connectivity index (χ2n) is 4.26. The lowest BCUT2D eigenvalue weighted by Gasteiger charge is -2.18. The Bertz CT molecular complexity index is 580. The fraction of sp³-hybridized carbons (Fsp3) is 0.286. The molecule has 0 saturated heterocycles. The van der Waals surface area contributed by atoms with E-state index in [0.717, 1.165) is 5.69 Å². The highest BCUT2D eigenvalue weighted by molar-refractivity contribution is 6.30. The van der Waals surface area contributed by atoms with Crippen LogP contribution in [0.2, 0.25) is 5.02 Å². The highest BCUT2D eigenvalue weighted by atomic mass is 35.5. The fourth-order valence-corrected chi connectivity index (χ4v) is 2.00. The Balaban J connectivity index is 2.20. The van der Waals surface area contributed by atoms with E-state index in [9.17, 15) is 4.79 Å². The highest BCUT2D eigenvalue weighted by Crippen LogP contribution is 2.14. The molecule has 20 heavy (non-hydrogen) atoms. The van der Waals surface area contributed by atoms with Gasteiger partial charge in [0.05, 0.1) is 24.1 Å². The molecule has 0 aliphatic carbocycles. The molecule has 1 heterocycles. The van der Waals surface area contributed by atoms with Gasteiger partial charge in [-0.1, -0.05) is 11.6 Å². The summed E-state index contributed by atoms with van der Waals surface area (Å²) in [7, 11) is 0. The minimum Gasteiger partial charge on any atom is -0.395 e. The van der Waals surface area contributed by atoms with Gasteiger partial charge in [0.25, 0.3) is 5.91 Å². The van der Waals surface area contributed by atoms with E-state index in [0.29, 0.717) is 23.7 Å². The Labute approximate surface area is 122 Å². The van der Waals surface area contributed by atoms with Crippen molar-refractivity contribution in [2.45, 2.75) is 6.92 Å². The number of hydrogen-bond acceptors (Lipinski definition) is 3. The molecule has 1 aromatic carbocycles. The molecule has 0 saturated carbocycles. The fourth-order valence-electron chi connectivity index (χ4n) is 1.87. The molecule has 0 atom stereocenters. The van der Waals surface area contributed by atoms with Gasteiger partial charge < -0.3 is 10.0 Å². The third-order valence-corrected chi connectivity index (χ3v) is 3.21. The first-order valence-corrected chi connectivity index (χ1v) is 6.74. The largest absolute Gasteiger partial charge is 0.395 e. The van der Waals surface area contributed by atoms with Crippen LogP contribution in [0.5, 0.6) is 0 Å². The van der Waals surface area contributed by atoms with Crippen LogP contribution in [0.15, 0.2) is 36.7 Å². The standard InChI is InChI=1S/C14H16ClN3O2/c1-2-17(7-8-19)14(20)11-9-16-18(10-11)13-5-3-12(15)4-6-13/h3-6,9-10,19H,2,7-8H2,1H3. The lowest BCUT2D eigenvalue weighted by Crippen LogP contribution is -2.33. The molecular formula is C14H16ClN3O2. The van der Waals surface area contributed by atoms with Gasteiger partial charge in [0.1, 0.15) is 0 Å². The average Bonchev–Trinajstić information content (AvgIpc) is 2.94. The Morgan fingerprint density at radius 3 is 2.70 bits per heavy atom. The lowest BCUT2D eigenvalue weighted by molar-refractivity contribution is 0.0732. The first-order valence-electron chi connectivity index (χ1n) is 6.36. The van der Waals surface area contributed by atoms with Gasteiger partial charge in [-0.25, -0.2) is 4.68 Å². The van der Waals surface area contributed by atoms with Crippen molar-refractivity contribution in [1.82, 2.24) is 14.7 Å². The summed E-state index contributed by atoms with van der Waals surface area (Å²) in [6.07, 6.45) is 3.20. The second-order valence-corrected chi connectivity index (χ2v) is 4.69. The zero-order chi connectivity index (χ0) is 14.5. The topological polar surface area (TPSA) is 58.4 Å². The van der Waals surface area contributed by atoms with E-state index >= 15 is 0 Å². The molecule has 0 aliphatic rings. The van der Waals surface area contributed by atoms with Crippen LogP contribution in [0.1, 0.15) is 17.3 Å². The van der Waals surface area contributed by atoms with E-state index in [4.69, 9.17) is 16.7 Å². The first-order chi connectivity index (χ1) is 9.65. The van der Waals surface area contributed by atoms with Crippen molar-refractivity contribution in [3.8, 4) is 5.69 Å². The van der Waals surface area contributed by atoms with Crippen molar-refractivity contribution in [2.75, 3.05) is 19.7 Å². The predicted octanol–water partition coefficient (Wildman–Crippen LogP) is 1.98. The summed E-state index contributed by atoms with van der Waals surface area (Å²) in [6, 6.07) is 7.19. The Kier molecular flexibility index (Phi) is 4.76. The van der Waals surface area contributed by atoms with E-state index in [2.05, 4.69) is 5.10 Å². The summed E-state index contributed by atoms with van der Waals surface area (Å²) < 4.78 is 1.62. The van der Waals surface area contributed by atoms with E-state index in [1.54, 1.807) is 27.9 Å². The Hall–Kier alpha value is -1.85. The molecule has 1 aromatic heterocycles. The molecular weight excluding hydrogens is 278 g/mol. The molecule has 2 aromatic rings. The molecule has 1 N–H and O–H groups in total. The number of benzene rings is 1. The normalized spacial score (nSPS) is 10.6. The van der Waals surface area contributed by atoms with Crippen molar-refractivity contribution >= 4 is 17.5 Å². The number of aliphatic hydroxyl groups is 1. The molecule has 6 heteroatoms. The molecule has 0 aliphatic heterocycles. The summed E-state index contributed by atoms with van der Waals surface area (Å²) in [5, 5.41) is 13.8.